The number of hydrogen-bond acceptors (Lipinski definition) is 2. The highest BCUT2D eigenvalue weighted by Crippen LogP contribution is 2.28. The number of benzene rings is 1. The SMILES string of the molecule is NCC1CCC(=Cc2ccc(CCC(N)=O)cc2)CC1. The van der Waals surface area contributed by atoms with Crippen LogP contribution in [0.5, 0.6) is 0 Å². The molecule has 0 radical (unpaired) electrons. The molecule has 2 rings (SSSR count). The van der Waals surface area contributed by atoms with Crippen molar-refractivity contribution in [2.24, 2.45) is 17.4 Å². The zero-order valence-electron chi connectivity index (χ0n) is 12.0. The number of primary amides is 1. The van der Waals surface area contributed by atoms with E-state index in [-0.39, 0.29) is 5.91 Å². The summed E-state index contributed by atoms with van der Waals surface area (Å²) >= 11 is 0. The minimum absolute atomic E-state index is 0.243. The summed E-state index contributed by atoms with van der Waals surface area (Å²) in [5.41, 5.74) is 14.8. The summed E-state index contributed by atoms with van der Waals surface area (Å²) in [5.74, 6) is 0.469. The topological polar surface area (TPSA) is 69.1 Å². The van der Waals surface area contributed by atoms with Crippen LogP contribution in [-0.2, 0) is 11.2 Å². The normalized spacial score (nSPS) is 18.9. The van der Waals surface area contributed by atoms with Gasteiger partial charge in [-0.2, -0.15) is 0 Å². The maximum atomic E-state index is 10.8. The Hall–Kier alpha value is -1.61. The summed E-state index contributed by atoms with van der Waals surface area (Å²) in [6.45, 7) is 0.821. The molecule has 0 heterocycles. The Kier molecular flexibility index (Phi) is 5.36. The highest BCUT2D eigenvalue weighted by atomic mass is 16.1. The van der Waals surface area contributed by atoms with Crippen molar-refractivity contribution in [1.82, 2.24) is 0 Å². The molecule has 0 aromatic heterocycles. The maximum Gasteiger partial charge on any atom is 0.217 e. The third kappa shape index (κ3) is 4.49. The molecule has 1 saturated carbocycles. The Morgan fingerprint density at radius 1 is 1.20 bits per heavy atom. The second-order valence-electron chi connectivity index (χ2n) is 5.69. The first kappa shape index (κ1) is 14.8. The summed E-state index contributed by atoms with van der Waals surface area (Å²) in [4.78, 5) is 10.8. The lowest BCUT2D eigenvalue weighted by atomic mass is 9.85. The molecule has 20 heavy (non-hydrogen) atoms. The van der Waals surface area contributed by atoms with Crippen molar-refractivity contribution in [3.05, 3.63) is 41.0 Å². The maximum absolute atomic E-state index is 10.8. The molecule has 3 heteroatoms. The van der Waals surface area contributed by atoms with E-state index < -0.39 is 0 Å². The Morgan fingerprint density at radius 3 is 2.40 bits per heavy atom. The number of aryl methyl sites for hydroxylation is 1. The fourth-order valence-corrected chi connectivity index (χ4v) is 2.71. The van der Waals surface area contributed by atoms with Crippen molar-refractivity contribution in [3.63, 3.8) is 0 Å². The lowest BCUT2D eigenvalue weighted by Gasteiger charge is -2.22. The van der Waals surface area contributed by atoms with Gasteiger partial charge in [-0.05, 0) is 55.7 Å². The molecule has 0 aliphatic heterocycles. The van der Waals surface area contributed by atoms with E-state index in [0.717, 1.165) is 18.5 Å². The average Bonchev–Trinajstić information content (AvgIpc) is 2.47. The van der Waals surface area contributed by atoms with Crippen LogP contribution in [0, 0.1) is 5.92 Å². The highest BCUT2D eigenvalue weighted by molar-refractivity contribution is 5.74. The molecular weight excluding hydrogens is 248 g/mol. The summed E-state index contributed by atoms with van der Waals surface area (Å²) in [6, 6.07) is 8.42. The van der Waals surface area contributed by atoms with Crippen LogP contribution >= 0.6 is 0 Å². The minimum atomic E-state index is -0.243. The molecule has 0 bridgehead atoms. The Balaban J connectivity index is 1.92. The molecule has 1 amide bonds. The fraction of sp³-hybridized carbons (Fsp3) is 0.471. The molecule has 1 fully saturated rings. The van der Waals surface area contributed by atoms with E-state index in [0.29, 0.717) is 12.3 Å². The van der Waals surface area contributed by atoms with Crippen molar-refractivity contribution in [2.45, 2.75) is 38.5 Å². The first-order valence-electron chi connectivity index (χ1n) is 7.44. The molecule has 1 aromatic rings. The van der Waals surface area contributed by atoms with Gasteiger partial charge in [-0.1, -0.05) is 35.9 Å². The van der Waals surface area contributed by atoms with E-state index in [2.05, 4.69) is 30.3 Å². The van der Waals surface area contributed by atoms with Gasteiger partial charge in [0.15, 0.2) is 0 Å². The number of allylic oxidation sites excluding steroid dienone is 1. The predicted octanol–water partition coefficient (Wildman–Crippen LogP) is 2.64. The molecule has 1 aliphatic rings. The molecule has 3 nitrogen and oxygen atoms in total. The lowest BCUT2D eigenvalue weighted by Crippen LogP contribution is -2.17. The molecule has 108 valence electrons. The summed E-state index contributed by atoms with van der Waals surface area (Å²) in [7, 11) is 0. The Bertz CT molecular complexity index is 466. The van der Waals surface area contributed by atoms with Crippen LogP contribution in [0.25, 0.3) is 6.08 Å². The molecule has 0 spiro atoms. The van der Waals surface area contributed by atoms with Gasteiger partial charge in [0.1, 0.15) is 0 Å². The second-order valence-corrected chi connectivity index (χ2v) is 5.69. The monoisotopic (exact) mass is 272 g/mol. The molecule has 1 aromatic carbocycles. The van der Waals surface area contributed by atoms with Gasteiger partial charge in [0.2, 0.25) is 5.91 Å². The summed E-state index contributed by atoms with van der Waals surface area (Å²) in [6.07, 6.45) is 8.23. The highest BCUT2D eigenvalue weighted by Gasteiger charge is 2.14. The van der Waals surface area contributed by atoms with Gasteiger partial charge in [-0.15, -0.1) is 0 Å². The van der Waals surface area contributed by atoms with E-state index in [9.17, 15) is 4.79 Å². The smallest absolute Gasteiger partial charge is 0.217 e. The van der Waals surface area contributed by atoms with Crippen LogP contribution in [0.1, 0.15) is 43.2 Å². The third-order valence-corrected chi connectivity index (χ3v) is 4.09. The van der Waals surface area contributed by atoms with Gasteiger partial charge in [-0.3, -0.25) is 4.79 Å². The number of carbonyl (C=O) groups excluding carboxylic acids is 1. The van der Waals surface area contributed by atoms with Crippen molar-refractivity contribution < 1.29 is 4.79 Å². The molecular formula is C17H24N2O. The predicted molar refractivity (Wildman–Crippen MR) is 82.9 cm³/mol. The number of hydrogen-bond donors (Lipinski definition) is 2. The van der Waals surface area contributed by atoms with Crippen molar-refractivity contribution >= 4 is 12.0 Å². The summed E-state index contributed by atoms with van der Waals surface area (Å²) < 4.78 is 0. The van der Waals surface area contributed by atoms with E-state index >= 15 is 0 Å². The van der Waals surface area contributed by atoms with Crippen molar-refractivity contribution in [2.75, 3.05) is 6.54 Å². The van der Waals surface area contributed by atoms with E-state index in [1.165, 1.54) is 36.8 Å². The third-order valence-electron chi connectivity index (χ3n) is 4.09. The number of carbonyl (C=O) groups is 1. The number of rotatable bonds is 5. The van der Waals surface area contributed by atoms with Crippen LogP contribution in [-0.4, -0.2) is 12.5 Å². The molecule has 1 aliphatic carbocycles. The van der Waals surface area contributed by atoms with Gasteiger partial charge < -0.3 is 11.5 Å². The lowest BCUT2D eigenvalue weighted by molar-refractivity contribution is -0.117. The zero-order chi connectivity index (χ0) is 14.4. The van der Waals surface area contributed by atoms with Crippen LogP contribution in [0.3, 0.4) is 0 Å². The van der Waals surface area contributed by atoms with E-state index in [1.54, 1.807) is 0 Å². The standard InChI is InChI=1S/C17H24N2O/c18-12-16-7-5-15(6-8-16)11-14-3-1-13(2-4-14)9-10-17(19)20/h1-4,11,16H,5-10,12,18H2,(H2,19,20). The van der Waals surface area contributed by atoms with E-state index in [1.807, 2.05) is 0 Å². The second kappa shape index (κ2) is 7.25. The minimum Gasteiger partial charge on any atom is -0.370 e. The van der Waals surface area contributed by atoms with Gasteiger partial charge in [0, 0.05) is 6.42 Å². The van der Waals surface area contributed by atoms with Crippen molar-refractivity contribution in [1.29, 1.82) is 0 Å². The van der Waals surface area contributed by atoms with Crippen LogP contribution in [0.2, 0.25) is 0 Å². The first-order valence-corrected chi connectivity index (χ1v) is 7.44. The number of nitrogens with two attached hydrogens (primary N) is 2. The molecule has 0 atom stereocenters. The fourth-order valence-electron chi connectivity index (χ4n) is 2.71. The average molecular weight is 272 g/mol. The van der Waals surface area contributed by atoms with Crippen LogP contribution in [0.15, 0.2) is 29.8 Å². The largest absolute Gasteiger partial charge is 0.370 e. The van der Waals surface area contributed by atoms with Gasteiger partial charge in [0.25, 0.3) is 0 Å². The van der Waals surface area contributed by atoms with Crippen LogP contribution in [0.4, 0.5) is 0 Å². The molecule has 0 unspecified atom stereocenters. The van der Waals surface area contributed by atoms with Gasteiger partial charge in [0.05, 0.1) is 0 Å². The molecule has 4 N–H and O–H groups in total. The van der Waals surface area contributed by atoms with Gasteiger partial charge in [-0.25, -0.2) is 0 Å². The van der Waals surface area contributed by atoms with Gasteiger partial charge >= 0.3 is 0 Å². The Morgan fingerprint density at radius 2 is 1.85 bits per heavy atom. The van der Waals surface area contributed by atoms with Crippen LogP contribution < -0.4 is 11.5 Å². The Labute approximate surface area is 121 Å². The molecule has 0 saturated heterocycles. The summed E-state index contributed by atoms with van der Waals surface area (Å²) in [5, 5.41) is 0. The zero-order valence-corrected chi connectivity index (χ0v) is 12.0. The van der Waals surface area contributed by atoms with Crippen molar-refractivity contribution in [3.8, 4) is 0 Å². The van der Waals surface area contributed by atoms with E-state index in [4.69, 9.17) is 11.5 Å². The number of amides is 1. The first-order chi connectivity index (χ1) is 9.67. The quantitative estimate of drug-likeness (QED) is 0.865.